The number of imide groups is 1. The van der Waals surface area contributed by atoms with Crippen LogP contribution >= 0.6 is 11.3 Å². The third-order valence-electron chi connectivity index (χ3n) is 3.05. The Morgan fingerprint density at radius 3 is 2.52 bits per heavy atom. The van der Waals surface area contributed by atoms with Crippen LogP contribution in [0.2, 0.25) is 0 Å². The van der Waals surface area contributed by atoms with Gasteiger partial charge in [-0.15, -0.1) is 11.3 Å². The second kappa shape index (κ2) is 9.96. The minimum absolute atomic E-state index is 0.0455. The van der Waals surface area contributed by atoms with E-state index in [4.69, 9.17) is 0 Å². The zero-order chi connectivity index (χ0) is 17.2. The van der Waals surface area contributed by atoms with Crippen LogP contribution in [0.5, 0.6) is 0 Å². The molecule has 0 aliphatic carbocycles. The molecule has 3 amide bonds. The number of nitrogens with one attached hydrogen (secondary N) is 2. The number of alkyl carbamates (subject to hydrolysis) is 1. The normalized spacial score (nSPS) is 11.8. The van der Waals surface area contributed by atoms with Crippen LogP contribution in [0.3, 0.4) is 0 Å². The van der Waals surface area contributed by atoms with Crippen LogP contribution in [0.1, 0.15) is 31.7 Å². The zero-order valence-electron chi connectivity index (χ0n) is 13.6. The number of thiophene rings is 1. The molecular formula is C15H23N3O4S. The number of carbonyl (C=O) groups is 3. The van der Waals surface area contributed by atoms with E-state index >= 15 is 0 Å². The maximum atomic E-state index is 12.1. The average Bonchev–Trinajstić information content (AvgIpc) is 3.00. The number of carbonyl (C=O) groups excluding carboxylic acids is 3. The van der Waals surface area contributed by atoms with Gasteiger partial charge < -0.3 is 10.1 Å². The maximum Gasteiger partial charge on any atom is 0.413 e. The Bertz CT molecular complexity index is 519. The summed E-state index contributed by atoms with van der Waals surface area (Å²) in [4.78, 5) is 37.6. The fraction of sp³-hybridized carbons (Fsp3) is 0.533. The fourth-order valence-electron chi connectivity index (χ4n) is 1.90. The van der Waals surface area contributed by atoms with Crippen molar-refractivity contribution in [2.75, 3.05) is 26.2 Å². The third-order valence-corrected chi connectivity index (χ3v) is 4.10. The van der Waals surface area contributed by atoms with Crippen molar-refractivity contribution in [3.8, 4) is 0 Å². The summed E-state index contributed by atoms with van der Waals surface area (Å²) in [5.41, 5.74) is 0. The summed E-state index contributed by atoms with van der Waals surface area (Å²) < 4.78 is 4.64. The Morgan fingerprint density at radius 2 is 1.96 bits per heavy atom. The Balaban J connectivity index is 2.41. The minimum atomic E-state index is -0.774. The highest BCUT2D eigenvalue weighted by atomic mass is 32.1. The molecule has 0 saturated heterocycles. The molecule has 1 heterocycles. The van der Waals surface area contributed by atoms with E-state index in [1.54, 1.807) is 23.2 Å². The van der Waals surface area contributed by atoms with E-state index in [9.17, 15) is 14.4 Å². The van der Waals surface area contributed by atoms with Crippen LogP contribution in [0.15, 0.2) is 17.5 Å². The number of nitrogens with zero attached hydrogens (tertiary/aromatic N) is 1. The lowest BCUT2D eigenvalue weighted by molar-refractivity contribution is -0.125. The van der Waals surface area contributed by atoms with Gasteiger partial charge in [0.2, 0.25) is 11.8 Å². The number of hydrogen-bond donors (Lipinski definition) is 2. The van der Waals surface area contributed by atoms with Crippen molar-refractivity contribution >= 4 is 29.2 Å². The Hall–Kier alpha value is -1.93. The lowest BCUT2D eigenvalue weighted by atomic mass is 10.2. The summed E-state index contributed by atoms with van der Waals surface area (Å²) in [5, 5.41) is 6.95. The van der Waals surface area contributed by atoms with Crippen molar-refractivity contribution in [2.45, 2.75) is 26.8 Å². The van der Waals surface area contributed by atoms with Crippen molar-refractivity contribution in [3.05, 3.63) is 22.4 Å². The van der Waals surface area contributed by atoms with Crippen molar-refractivity contribution in [2.24, 2.45) is 0 Å². The molecule has 2 N–H and O–H groups in total. The highest BCUT2D eigenvalue weighted by molar-refractivity contribution is 7.10. The molecule has 0 aromatic carbocycles. The van der Waals surface area contributed by atoms with E-state index in [1.165, 1.54) is 0 Å². The third kappa shape index (κ3) is 7.25. The maximum absolute atomic E-state index is 12.1. The van der Waals surface area contributed by atoms with E-state index in [0.29, 0.717) is 6.54 Å². The zero-order valence-corrected chi connectivity index (χ0v) is 14.4. The average molecular weight is 341 g/mol. The molecule has 7 nitrogen and oxygen atoms in total. The van der Waals surface area contributed by atoms with E-state index in [2.05, 4.69) is 15.4 Å². The molecule has 1 rings (SSSR count). The molecule has 0 fully saturated rings. The van der Waals surface area contributed by atoms with Crippen LogP contribution in [-0.2, 0) is 14.3 Å². The molecule has 128 valence electrons. The molecule has 1 aromatic rings. The molecule has 23 heavy (non-hydrogen) atoms. The highest BCUT2D eigenvalue weighted by Crippen LogP contribution is 2.17. The van der Waals surface area contributed by atoms with Crippen LogP contribution in [0, 0.1) is 0 Å². The lowest BCUT2D eigenvalue weighted by Crippen LogP contribution is -2.44. The van der Waals surface area contributed by atoms with Crippen LogP contribution < -0.4 is 10.6 Å². The summed E-state index contributed by atoms with van der Waals surface area (Å²) in [7, 11) is 0. The Morgan fingerprint density at radius 1 is 1.26 bits per heavy atom. The van der Waals surface area contributed by atoms with Gasteiger partial charge in [-0.1, -0.05) is 13.0 Å². The summed E-state index contributed by atoms with van der Waals surface area (Å²) in [6.07, 6.45) is -0.774. The standard InChI is InChI=1S/C15H23N3O4S/c1-4-18(10-14(20)17-15(21)22-5-2)9-13(19)16-11(3)12-7-6-8-23-12/h6-8,11H,4-5,9-10H2,1-3H3,(H,16,19)(H,17,20,21)/t11-/m0/s1. The van der Waals surface area contributed by atoms with Gasteiger partial charge in [-0.05, 0) is 31.8 Å². The number of hydrogen-bond acceptors (Lipinski definition) is 6. The predicted octanol–water partition coefficient (Wildman–Crippen LogP) is 1.52. The monoisotopic (exact) mass is 341 g/mol. The van der Waals surface area contributed by atoms with Crippen molar-refractivity contribution in [3.63, 3.8) is 0 Å². The van der Waals surface area contributed by atoms with Crippen molar-refractivity contribution < 1.29 is 19.1 Å². The number of amides is 3. The predicted molar refractivity (Wildman–Crippen MR) is 88.2 cm³/mol. The molecular weight excluding hydrogens is 318 g/mol. The van der Waals surface area contributed by atoms with E-state index < -0.39 is 12.0 Å². The fourth-order valence-corrected chi connectivity index (χ4v) is 2.64. The molecule has 0 aliphatic rings. The highest BCUT2D eigenvalue weighted by Gasteiger charge is 2.17. The van der Waals surface area contributed by atoms with Gasteiger partial charge in [0.15, 0.2) is 0 Å². The summed E-state index contributed by atoms with van der Waals surface area (Å²) in [6.45, 7) is 6.15. The topological polar surface area (TPSA) is 87.7 Å². The molecule has 0 aliphatic heterocycles. The summed E-state index contributed by atoms with van der Waals surface area (Å²) >= 11 is 1.58. The first-order chi connectivity index (χ1) is 11.0. The molecule has 8 heteroatoms. The van der Waals surface area contributed by atoms with Gasteiger partial charge >= 0.3 is 6.09 Å². The van der Waals surface area contributed by atoms with Crippen LogP contribution in [0.25, 0.3) is 0 Å². The van der Waals surface area contributed by atoms with Crippen LogP contribution in [0.4, 0.5) is 4.79 Å². The Labute approximate surface area is 140 Å². The first kappa shape index (κ1) is 19.1. The molecule has 0 spiro atoms. The minimum Gasteiger partial charge on any atom is -0.450 e. The summed E-state index contributed by atoms with van der Waals surface area (Å²) in [5.74, 6) is -0.666. The second-order valence-corrected chi connectivity index (χ2v) is 5.86. The molecule has 0 unspecified atom stereocenters. The van der Waals surface area contributed by atoms with E-state index in [1.807, 2.05) is 31.4 Å². The molecule has 1 aromatic heterocycles. The first-order valence-electron chi connectivity index (χ1n) is 7.48. The first-order valence-corrected chi connectivity index (χ1v) is 8.35. The number of rotatable bonds is 8. The smallest absolute Gasteiger partial charge is 0.413 e. The molecule has 0 radical (unpaired) electrons. The quantitative estimate of drug-likeness (QED) is 0.748. The second-order valence-electron chi connectivity index (χ2n) is 4.88. The van der Waals surface area contributed by atoms with Gasteiger partial charge in [0, 0.05) is 4.88 Å². The number of ether oxygens (including phenoxy) is 1. The SMILES string of the molecule is CCOC(=O)NC(=O)CN(CC)CC(=O)N[C@@H](C)c1cccs1. The molecule has 1 atom stereocenters. The Kier molecular flexibility index (Phi) is 8.28. The van der Waals surface area contributed by atoms with Gasteiger partial charge in [0.25, 0.3) is 0 Å². The molecule has 0 saturated carbocycles. The largest absolute Gasteiger partial charge is 0.450 e. The van der Waals surface area contributed by atoms with E-state index in [-0.39, 0.29) is 31.6 Å². The van der Waals surface area contributed by atoms with Gasteiger partial charge in [-0.2, -0.15) is 0 Å². The van der Waals surface area contributed by atoms with Gasteiger partial charge in [0.1, 0.15) is 0 Å². The van der Waals surface area contributed by atoms with Gasteiger partial charge in [-0.25, -0.2) is 4.79 Å². The van der Waals surface area contributed by atoms with Crippen molar-refractivity contribution in [1.82, 2.24) is 15.5 Å². The lowest BCUT2D eigenvalue weighted by Gasteiger charge is -2.20. The van der Waals surface area contributed by atoms with Crippen LogP contribution in [-0.4, -0.2) is 49.0 Å². The summed E-state index contributed by atoms with van der Waals surface area (Å²) in [6, 6.07) is 3.82. The molecule has 0 bridgehead atoms. The van der Waals surface area contributed by atoms with Gasteiger partial charge in [0.05, 0.1) is 25.7 Å². The van der Waals surface area contributed by atoms with E-state index in [0.717, 1.165) is 4.88 Å². The van der Waals surface area contributed by atoms with Crippen molar-refractivity contribution in [1.29, 1.82) is 0 Å². The number of likely N-dealkylation sites (N-methyl/N-ethyl adjacent to an activating group) is 1. The van der Waals surface area contributed by atoms with Gasteiger partial charge in [-0.3, -0.25) is 19.8 Å².